The van der Waals surface area contributed by atoms with Crippen LogP contribution in [-0.4, -0.2) is 21.3 Å². The maximum absolute atomic E-state index is 11.0. The lowest BCUT2D eigenvalue weighted by Gasteiger charge is -2.04. The van der Waals surface area contributed by atoms with Crippen molar-refractivity contribution in [1.29, 1.82) is 0 Å². The van der Waals surface area contributed by atoms with Crippen molar-refractivity contribution in [2.24, 2.45) is 0 Å². The number of benzene rings is 3. The van der Waals surface area contributed by atoms with Gasteiger partial charge in [-0.05, 0) is 48.2 Å². The summed E-state index contributed by atoms with van der Waals surface area (Å²) < 4.78 is 9.38. The number of hydrogen-bond acceptors (Lipinski definition) is 7. The summed E-state index contributed by atoms with van der Waals surface area (Å²) in [6.07, 6.45) is 1.73. The minimum atomic E-state index is 0.675. The van der Waals surface area contributed by atoms with E-state index in [1.54, 1.807) is 22.7 Å². The Bertz CT molecular complexity index is 1640. The van der Waals surface area contributed by atoms with Crippen LogP contribution in [-0.2, 0) is 0 Å². The average Bonchev–Trinajstić information content (AvgIpc) is 3.67. The number of thiophene rings is 2. The maximum atomic E-state index is 11.0. The Balaban J connectivity index is 1.40. The van der Waals surface area contributed by atoms with Gasteiger partial charge in [0.2, 0.25) is 0 Å². The first-order valence-electron chi connectivity index (χ1n) is 11.6. The number of fused-ring (bicyclic) bond motifs is 1. The predicted molar refractivity (Wildman–Crippen MR) is 155 cm³/mol. The minimum Gasteiger partial charge on any atom is -0.298 e. The lowest BCUT2D eigenvalue weighted by atomic mass is 10.0. The van der Waals surface area contributed by atoms with Crippen molar-refractivity contribution in [2.45, 2.75) is 13.8 Å². The van der Waals surface area contributed by atoms with E-state index in [0.29, 0.717) is 11.1 Å². The molecule has 0 bridgehead atoms. The fraction of sp³-hybridized carbons (Fsp3) is 0.0667. The predicted octanol–water partition coefficient (Wildman–Crippen LogP) is 8.72. The van der Waals surface area contributed by atoms with Gasteiger partial charge in [0.25, 0.3) is 0 Å². The summed E-state index contributed by atoms with van der Waals surface area (Å²) in [7, 11) is 0. The molecule has 180 valence electrons. The van der Waals surface area contributed by atoms with Crippen LogP contribution in [0.5, 0.6) is 0 Å². The van der Waals surface area contributed by atoms with Gasteiger partial charge in [0.1, 0.15) is 23.6 Å². The van der Waals surface area contributed by atoms with Crippen molar-refractivity contribution in [3.8, 4) is 41.8 Å². The number of carbonyl (C=O) groups is 2. The molecule has 0 amide bonds. The molecule has 0 atom stereocenters. The molecule has 0 aliphatic heterocycles. The average molecular weight is 537 g/mol. The van der Waals surface area contributed by atoms with E-state index in [0.717, 1.165) is 55.6 Å². The molecule has 0 N–H and O–H groups in total. The van der Waals surface area contributed by atoms with Gasteiger partial charge in [0, 0.05) is 41.8 Å². The topological polar surface area (TPSA) is 59.9 Å². The van der Waals surface area contributed by atoms with Crippen molar-refractivity contribution < 1.29 is 9.59 Å². The highest BCUT2D eigenvalue weighted by atomic mass is 32.1. The van der Waals surface area contributed by atoms with Crippen molar-refractivity contribution in [3.63, 3.8) is 0 Å². The Labute approximate surface area is 226 Å². The van der Waals surface area contributed by atoms with Gasteiger partial charge in [-0.15, -0.1) is 22.7 Å². The Morgan fingerprint density at radius 3 is 1.38 bits per heavy atom. The van der Waals surface area contributed by atoms with Crippen LogP contribution < -0.4 is 0 Å². The smallest absolute Gasteiger partial charge is 0.150 e. The minimum absolute atomic E-state index is 0.675. The van der Waals surface area contributed by atoms with Gasteiger partial charge >= 0.3 is 0 Å². The van der Waals surface area contributed by atoms with Crippen LogP contribution in [0.3, 0.4) is 0 Å². The Hall–Kier alpha value is -3.78. The van der Waals surface area contributed by atoms with Gasteiger partial charge in [-0.2, -0.15) is 8.75 Å². The summed E-state index contributed by atoms with van der Waals surface area (Å²) in [5, 5.41) is 0. The molecular formula is C30H20N2O2S3. The van der Waals surface area contributed by atoms with Crippen LogP contribution in [0.25, 0.3) is 52.8 Å². The van der Waals surface area contributed by atoms with Crippen molar-refractivity contribution >= 4 is 58.0 Å². The molecule has 0 radical (unpaired) electrons. The summed E-state index contributed by atoms with van der Waals surface area (Å²) in [4.78, 5) is 26.7. The number of aryl methyl sites for hydroxylation is 2. The third kappa shape index (κ3) is 4.25. The van der Waals surface area contributed by atoms with Crippen molar-refractivity contribution in [2.75, 3.05) is 0 Å². The van der Waals surface area contributed by atoms with Crippen molar-refractivity contribution in [3.05, 3.63) is 95.1 Å². The zero-order chi connectivity index (χ0) is 25.5. The molecule has 37 heavy (non-hydrogen) atoms. The highest BCUT2D eigenvalue weighted by molar-refractivity contribution is 7.19. The Morgan fingerprint density at radius 2 is 1.00 bits per heavy atom. The number of rotatable bonds is 6. The van der Waals surface area contributed by atoms with Gasteiger partial charge < -0.3 is 0 Å². The second kappa shape index (κ2) is 9.59. The number of hydrogen-bond donors (Lipinski definition) is 0. The van der Waals surface area contributed by atoms with Crippen LogP contribution in [0.1, 0.15) is 31.8 Å². The van der Waals surface area contributed by atoms with Crippen molar-refractivity contribution in [1.82, 2.24) is 8.75 Å². The van der Waals surface area contributed by atoms with Crippen LogP contribution in [0, 0.1) is 13.8 Å². The molecule has 0 unspecified atom stereocenters. The van der Waals surface area contributed by atoms with Gasteiger partial charge in [0.05, 0.1) is 11.7 Å². The molecule has 6 aromatic rings. The molecule has 0 fully saturated rings. The highest BCUT2D eigenvalue weighted by Gasteiger charge is 2.19. The van der Waals surface area contributed by atoms with E-state index in [4.69, 9.17) is 8.75 Å². The Morgan fingerprint density at radius 1 is 0.595 bits per heavy atom. The molecular weight excluding hydrogens is 517 g/mol. The molecule has 0 spiro atoms. The van der Waals surface area contributed by atoms with Gasteiger partial charge in [-0.25, -0.2) is 0 Å². The van der Waals surface area contributed by atoms with Crippen LogP contribution in [0.4, 0.5) is 0 Å². The zero-order valence-electron chi connectivity index (χ0n) is 20.0. The molecule has 7 heteroatoms. The summed E-state index contributed by atoms with van der Waals surface area (Å²) in [6, 6.07) is 24.1. The summed E-state index contributed by atoms with van der Waals surface area (Å²) in [6.45, 7) is 4.23. The fourth-order valence-corrected chi connectivity index (χ4v) is 7.48. The lowest BCUT2D eigenvalue weighted by Crippen LogP contribution is -1.82. The molecule has 6 rings (SSSR count). The van der Waals surface area contributed by atoms with E-state index in [9.17, 15) is 9.59 Å². The summed E-state index contributed by atoms with van der Waals surface area (Å²) in [5.74, 6) is 0. The third-order valence-corrected chi connectivity index (χ3v) is 9.57. The SMILES string of the molecule is Cc1cc(-c2ccc(-c3cc(C)c(-c4ccc(C=O)cc4)s3)c3nsnc23)sc1-c1ccc(C=O)cc1. The van der Waals surface area contributed by atoms with E-state index in [2.05, 4.69) is 38.1 Å². The summed E-state index contributed by atoms with van der Waals surface area (Å²) in [5.41, 5.74) is 9.92. The number of carbonyl (C=O) groups excluding carboxylic acids is 2. The maximum Gasteiger partial charge on any atom is 0.150 e. The van der Waals surface area contributed by atoms with Crippen LogP contribution >= 0.6 is 34.4 Å². The zero-order valence-corrected chi connectivity index (χ0v) is 22.5. The molecule has 4 nitrogen and oxygen atoms in total. The molecule has 3 aromatic heterocycles. The molecule has 0 saturated carbocycles. The number of nitrogens with zero attached hydrogens (tertiary/aromatic N) is 2. The first-order chi connectivity index (χ1) is 18.1. The largest absolute Gasteiger partial charge is 0.298 e. The number of aldehydes is 2. The first kappa shape index (κ1) is 23.6. The third-order valence-electron chi connectivity index (χ3n) is 6.40. The van der Waals surface area contributed by atoms with Gasteiger partial charge in [-0.1, -0.05) is 60.7 Å². The molecule has 0 saturated heterocycles. The second-order valence-electron chi connectivity index (χ2n) is 8.85. The molecule has 0 aliphatic carbocycles. The van der Waals surface area contributed by atoms with Crippen LogP contribution in [0.2, 0.25) is 0 Å². The lowest BCUT2D eigenvalue weighted by molar-refractivity contribution is 0.111. The van der Waals surface area contributed by atoms with Gasteiger partial charge in [-0.3, -0.25) is 9.59 Å². The fourth-order valence-electron chi connectivity index (χ4n) is 4.49. The second-order valence-corrected chi connectivity index (χ2v) is 11.5. The summed E-state index contributed by atoms with van der Waals surface area (Å²) >= 11 is 4.70. The van der Waals surface area contributed by atoms with Crippen LogP contribution in [0.15, 0.2) is 72.8 Å². The van der Waals surface area contributed by atoms with E-state index < -0.39 is 0 Å². The standard InChI is InChI=1S/C30H20N2O2S3/c1-17-13-25(35-29(17)21-7-3-19(15-33)4-8-21)23-11-12-24(28-27(23)31-37-32-28)26-14-18(2)30(36-26)22-9-5-20(16-34)6-10-22/h3-16H,1-2H3. The Kier molecular flexibility index (Phi) is 6.12. The van der Waals surface area contributed by atoms with E-state index in [1.165, 1.54) is 32.6 Å². The molecule has 0 aliphatic rings. The monoisotopic (exact) mass is 536 g/mol. The van der Waals surface area contributed by atoms with E-state index >= 15 is 0 Å². The highest BCUT2D eigenvalue weighted by Crippen LogP contribution is 2.44. The van der Waals surface area contributed by atoms with E-state index in [-0.39, 0.29) is 0 Å². The normalized spacial score (nSPS) is 11.2. The number of aromatic nitrogens is 2. The van der Waals surface area contributed by atoms with E-state index in [1.807, 2.05) is 48.5 Å². The quantitative estimate of drug-likeness (QED) is 0.200. The van der Waals surface area contributed by atoms with Gasteiger partial charge in [0.15, 0.2) is 0 Å². The first-order valence-corrected chi connectivity index (χ1v) is 14.0. The molecule has 3 heterocycles. The molecule has 3 aromatic carbocycles.